The summed E-state index contributed by atoms with van der Waals surface area (Å²) in [5.74, 6) is -1.11. The van der Waals surface area contributed by atoms with E-state index >= 15 is 0 Å². The lowest BCUT2D eigenvalue weighted by atomic mass is 10.0. The SMILES string of the molecule is CCOC(=O)N1CCc2c(sc(NC(=O)COc3ccc(F)cc3)c2C(=O)OC)C1. The third-order valence-electron chi connectivity index (χ3n) is 4.41. The number of rotatable bonds is 6. The first-order valence-corrected chi connectivity index (χ1v) is 10.1. The summed E-state index contributed by atoms with van der Waals surface area (Å²) in [6.07, 6.45) is 0.0197. The third-order valence-corrected chi connectivity index (χ3v) is 5.54. The Hall–Kier alpha value is -3.14. The van der Waals surface area contributed by atoms with Gasteiger partial charge in [-0.1, -0.05) is 0 Å². The van der Waals surface area contributed by atoms with Crippen LogP contribution in [0.25, 0.3) is 0 Å². The number of halogens is 1. The third kappa shape index (κ3) is 4.88. The molecule has 8 nitrogen and oxygen atoms in total. The van der Waals surface area contributed by atoms with Crippen LogP contribution in [0.5, 0.6) is 5.75 Å². The average Bonchev–Trinajstić information content (AvgIpc) is 3.09. The molecule has 1 N–H and O–H groups in total. The number of anilines is 1. The lowest BCUT2D eigenvalue weighted by Gasteiger charge is -2.26. The predicted molar refractivity (Wildman–Crippen MR) is 107 cm³/mol. The first-order valence-electron chi connectivity index (χ1n) is 9.25. The van der Waals surface area contributed by atoms with Crippen LogP contribution in [0.4, 0.5) is 14.2 Å². The molecule has 1 aliphatic rings. The van der Waals surface area contributed by atoms with Crippen molar-refractivity contribution < 1.29 is 33.0 Å². The van der Waals surface area contributed by atoms with Crippen molar-refractivity contribution >= 4 is 34.3 Å². The van der Waals surface area contributed by atoms with E-state index in [1.165, 1.54) is 42.7 Å². The second-order valence-corrected chi connectivity index (χ2v) is 7.47. The molecular weight excluding hydrogens is 415 g/mol. The number of methoxy groups -OCH3 is 1. The van der Waals surface area contributed by atoms with Crippen LogP contribution in [0.15, 0.2) is 24.3 Å². The second kappa shape index (κ2) is 9.57. The Morgan fingerprint density at radius 1 is 1.23 bits per heavy atom. The number of carbonyl (C=O) groups excluding carboxylic acids is 3. The number of thiophene rings is 1. The molecule has 0 aliphatic carbocycles. The Kier molecular flexibility index (Phi) is 6.88. The number of nitrogens with zero attached hydrogens (tertiary/aromatic N) is 1. The van der Waals surface area contributed by atoms with Gasteiger partial charge in [0.05, 0.1) is 25.8 Å². The zero-order valence-corrected chi connectivity index (χ0v) is 17.3. The van der Waals surface area contributed by atoms with Gasteiger partial charge >= 0.3 is 12.1 Å². The Morgan fingerprint density at radius 3 is 2.63 bits per heavy atom. The predicted octanol–water partition coefficient (Wildman–Crippen LogP) is 3.21. The Labute approximate surface area is 176 Å². The standard InChI is InChI=1S/C20H21FN2O6S/c1-3-28-20(26)23-9-8-14-15(10-23)30-18(17(14)19(25)27-2)22-16(24)11-29-13-6-4-12(21)5-7-13/h4-7H,3,8-11H2,1-2H3,(H,22,24). The van der Waals surface area contributed by atoms with Gasteiger partial charge in [0.1, 0.15) is 16.6 Å². The number of carbonyl (C=O) groups is 3. The molecule has 1 aliphatic heterocycles. The van der Waals surface area contributed by atoms with E-state index in [2.05, 4.69) is 5.32 Å². The molecule has 0 unspecified atom stereocenters. The van der Waals surface area contributed by atoms with Crippen LogP contribution in [-0.4, -0.2) is 49.7 Å². The molecule has 2 amide bonds. The van der Waals surface area contributed by atoms with Crippen LogP contribution in [0.3, 0.4) is 0 Å². The van der Waals surface area contributed by atoms with Gasteiger partial charge in [-0.25, -0.2) is 14.0 Å². The molecular formula is C20H21FN2O6S. The number of amides is 2. The number of ether oxygens (including phenoxy) is 3. The first kappa shape index (κ1) is 21.6. The van der Waals surface area contributed by atoms with Crippen molar-refractivity contribution in [1.82, 2.24) is 4.90 Å². The van der Waals surface area contributed by atoms with Crippen molar-refractivity contribution in [2.75, 3.05) is 32.2 Å². The van der Waals surface area contributed by atoms with Crippen LogP contribution in [-0.2, 0) is 27.2 Å². The molecule has 0 spiro atoms. The Bertz CT molecular complexity index is 944. The van der Waals surface area contributed by atoms with Gasteiger partial charge in [-0.2, -0.15) is 0 Å². The highest BCUT2D eigenvalue weighted by molar-refractivity contribution is 7.17. The van der Waals surface area contributed by atoms with Gasteiger partial charge in [0.15, 0.2) is 6.61 Å². The zero-order valence-electron chi connectivity index (χ0n) is 16.5. The van der Waals surface area contributed by atoms with Crippen LogP contribution in [0.1, 0.15) is 27.7 Å². The smallest absolute Gasteiger partial charge is 0.410 e. The highest BCUT2D eigenvalue weighted by Crippen LogP contribution is 2.37. The van der Waals surface area contributed by atoms with Gasteiger partial charge in [0, 0.05) is 11.4 Å². The van der Waals surface area contributed by atoms with Crippen molar-refractivity contribution in [2.24, 2.45) is 0 Å². The molecule has 2 aromatic rings. The Balaban J connectivity index is 1.74. The minimum Gasteiger partial charge on any atom is -0.484 e. The van der Waals surface area contributed by atoms with E-state index in [1.54, 1.807) is 11.8 Å². The van der Waals surface area contributed by atoms with Crippen molar-refractivity contribution in [2.45, 2.75) is 19.9 Å². The molecule has 3 rings (SSSR count). The minimum absolute atomic E-state index is 0.273. The summed E-state index contributed by atoms with van der Waals surface area (Å²) in [7, 11) is 1.27. The van der Waals surface area contributed by atoms with E-state index in [9.17, 15) is 18.8 Å². The van der Waals surface area contributed by atoms with Crippen molar-refractivity contribution in [3.63, 3.8) is 0 Å². The number of benzene rings is 1. The van der Waals surface area contributed by atoms with E-state index in [-0.39, 0.29) is 25.3 Å². The lowest BCUT2D eigenvalue weighted by Crippen LogP contribution is -2.36. The van der Waals surface area contributed by atoms with E-state index in [0.717, 1.165) is 10.4 Å². The fraction of sp³-hybridized carbons (Fsp3) is 0.350. The molecule has 0 radical (unpaired) electrons. The average molecular weight is 436 g/mol. The van der Waals surface area contributed by atoms with Gasteiger partial charge < -0.3 is 24.4 Å². The number of nitrogens with one attached hydrogen (secondary N) is 1. The van der Waals surface area contributed by atoms with Crippen LogP contribution in [0.2, 0.25) is 0 Å². The number of esters is 1. The molecule has 30 heavy (non-hydrogen) atoms. The quantitative estimate of drug-likeness (QED) is 0.699. The zero-order chi connectivity index (χ0) is 21.7. The monoisotopic (exact) mass is 436 g/mol. The summed E-state index contributed by atoms with van der Waals surface area (Å²) in [6, 6.07) is 5.28. The van der Waals surface area contributed by atoms with Gasteiger partial charge in [0.25, 0.3) is 5.91 Å². The summed E-state index contributed by atoms with van der Waals surface area (Å²) in [6.45, 7) is 2.37. The maximum Gasteiger partial charge on any atom is 0.410 e. The fourth-order valence-corrected chi connectivity index (χ4v) is 4.29. The van der Waals surface area contributed by atoms with Crippen molar-refractivity contribution in [3.05, 3.63) is 46.1 Å². The summed E-state index contributed by atoms with van der Waals surface area (Å²) in [5.41, 5.74) is 1.04. The Morgan fingerprint density at radius 2 is 1.97 bits per heavy atom. The van der Waals surface area contributed by atoms with Gasteiger partial charge in [-0.3, -0.25) is 4.79 Å². The molecule has 2 heterocycles. The summed E-state index contributed by atoms with van der Waals surface area (Å²) in [4.78, 5) is 39.0. The van der Waals surface area contributed by atoms with Crippen LogP contribution >= 0.6 is 11.3 Å². The summed E-state index contributed by atoms with van der Waals surface area (Å²) >= 11 is 1.21. The van der Waals surface area contributed by atoms with Gasteiger partial charge in [-0.05, 0) is 43.2 Å². The lowest BCUT2D eigenvalue weighted by molar-refractivity contribution is -0.118. The van der Waals surface area contributed by atoms with Gasteiger partial charge in [-0.15, -0.1) is 11.3 Å². The van der Waals surface area contributed by atoms with Crippen LogP contribution < -0.4 is 10.1 Å². The molecule has 0 fully saturated rings. The van der Waals surface area contributed by atoms with E-state index in [1.807, 2.05) is 0 Å². The normalized spacial score (nSPS) is 12.7. The molecule has 0 saturated heterocycles. The van der Waals surface area contributed by atoms with Gasteiger partial charge in [0.2, 0.25) is 0 Å². The number of hydrogen-bond acceptors (Lipinski definition) is 7. The van der Waals surface area contributed by atoms with E-state index < -0.39 is 23.8 Å². The topological polar surface area (TPSA) is 94.2 Å². The molecule has 10 heteroatoms. The number of fused-ring (bicyclic) bond motifs is 1. The van der Waals surface area contributed by atoms with E-state index in [4.69, 9.17) is 14.2 Å². The summed E-state index contributed by atoms with van der Waals surface area (Å²) in [5, 5.41) is 3.02. The molecule has 0 atom stereocenters. The maximum absolute atomic E-state index is 12.9. The molecule has 1 aromatic heterocycles. The summed E-state index contributed by atoms with van der Waals surface area (Å²) < 4.78 is 28.2. The molecule has 0 bridgehead atoms. The minimum atomic E-state index is -0.563. The molecule has 1 aromatic carbocycles. The van der Waals surface area contributed by atoms with E-state index in [0.29, 0.717) is 23.7 Å². The fourth-order valence-electron chi connectivity index (χ4n) is 3.02. The molecule has 0 saturated carbocycles. The first-order chi connectivity index (χ1) is 14.4. The largest absolute Gasteiger partial charge is 0.484 e. The highest BCUT2D eigenvalue weighted by Gasteiger charge is 2.31. The van der Waals surface area contributed by atoms with Crippen LogP contribution in [0, 0.1) is 5.82 Å². The number of hydrogen-bond donors (Lipinski definition) is 1. The maximum atomic E-state index is 12.9. The highest BCUT2D eigenvalue weighted by atomic mass is 32.1. The molecule has 160 valence electrons. The van der Waals surface area contributed by atoms with Crippen molar-refractivity contribution in [1.29, 1.82) is 0 Å². The second-order valence-electron chi connectivity index (χ2n) is 6.36. The van der Waals surface area contributed by atoms with Crippen molar-refractivity contribution in [3.8, 4) is 5.75 Å².